The molecule has 24 aromatic rings. The zero-order valence-corrected chi connectivity index (χ0v) is 81.8. The standard InChI is InChI=1S/C70H54BNO2.C66H46BNO2/c1-69(2,3)49-37-46(38-50(41-49)70(4,5)6)44-34-45(36-48(35-44)67-56-26-12-10-24-54(56)66(43-20-8-7-9-21-43)55-25-11-13-27-57(55)67)47-39-64-68-65(40-47)74-63-42-51(32-33-59(63)71(68)58-28-16-19-31-62(58)73-64)72-60-29-17-14-22-52(60)53-23-15-18-30-61(53)72;1-66(2,3)47-21-17-20-42(37-47)43-34-44(36-46(35-43)64-53-26-9-7-24-51(53)63(41-18-5-4-6-19-41)52-25-8-10-27-54(52)64)45-38-61-65-62(39-45)70-60-40-48(32-33-56(60)67(65)55-28-13-16-31-59(55)69-61)68-57-29-14-11-22-49(57)50-23-12-15-30-58(50)68/h7-42H,1-6H3;4-40H,1-3H3. The van der Waals surface area contributed by atoms with Gasteiger partial charge in [-0.2, -0.15) is 0 Å². The number of nitrogens with zero attached hydrogens (tertiary/aromatic N) is 2. The van der Waals surface area contributed by atoms with Crippen molar-refractivity contribution in [3.05, 3.63) is 460 Å². The molecule has 0 N–H and O–H groups in total. The van der Waals surface area contributed by atoms with Gasteiger partial charge in [0.15, 0.2) is 0 Å². The van der Waals surface area contributed by atoms with Crippen LogP contribution in [0, 0.1) is 0 Å². The molecule has 0 bridgehead atoms. The van der Waals surface area contributed by atoms with E-state index in [-0.39, 0.29) is 29.7 Å². The molecular weight excluding hydrogens is 1750 g/mol. The summed E-state index contributed by atoms with van der Waals surface area (Å²) < 4.78 is 33.2. The van der Waals surface area contributed by atoms with E-state index >= 15 is 0 Å². The van der Waals surface area contributed by atoms with E-state index in [1.807, 2.05) is 0 Å². The Labute approximate surface area is 839 Å². The van der Waals surface area contributed by atoms with Crippen LogP contribution in [-0.4, -0.2) is 22.6 Å². The van der Waals surface area contributed by atoms with Crippen molar-refractivity contribution in [2.24, 2.45) is 0 Å². The third kappa shape index (κ3) is 14.2. The predicted molar refractivity (Wildman–Crippen MR) is 607 cm³/mol. The molecule has 0 radical (unpaired) electrons. The molecule has 0 spiro atoms. The molecule has 0 unspecified atom stereocenters. The summed E-state index contributed by atoms with van der Waals surface area (Å²) in [5.74, 6) is 6.69. The van der Waals surface area contributed by atoms with Crippen LogP contribution in [0.3, 0.4) is 0 Å². The summed E-state index contributed by atoms with van der Waals surface area (Å²) in [5.41, 5.74) is 35.8. The molecule has 0 saturated heterocycles. The monoisotopic (exact) mass is 1850 g/mol. The van der Waals surface area contributed by atoms with E-state index in [0.717, 1.165) is 135 Å². The van der Waals surface area contributed by atoms with Gasteiger partial charge in [-0.1, -0.05) is 384 Å². The molecule has 4 aliphatic rings. The summed E-state index contributed by atoms with van der Waals surface area (Å²) in [5, 5.41) is 14.7. The van der Waals surface area contributed by atoms with E-state index in [4.69, 9.17) is 18.9 Å². The number of hydrogen-bond acceptors (Lipinski definition) is 4. The molecule has 22 aromatic carbocycles. The van der Waals surface area contributed by atoms with Gasteiger partial charge in [-0.05, 0) is 296 Å². The predicted octanol–water partition coefficient (Wildman–Crippen LogP) is 32.9. The zero-order chi connectivity index (χ0) is 96.7. The molecule has 8 heteroatoms. The first-order chi connectivity index (χ1) is 70.3. The average molecular weight is 1850 g/mol. The smallest absolute Gasteiger partial charge is 0.260 e. The average Bonchev–Trinajstić information content (AvgIpc) is 0.822. The lowest BCUT2D eigenvalue weighted by atomic mass is 9.35. The first-order valence-electron chi connectivity index (χ1n) is 50.4. The fourth-order valence-corrected chi connectivity index (χ4v) is 23.6. The molecule has 0 saturated carbocycles. The Morgan fingerprint density at radius 3 is 0.757 bits per heavy atom. The second kappa shape index (κ2) is 33.2. The minimum atomic E-state index is -0.0753. The van der Waals surface area contributed by atoms with Crippen molar-refractivity contribution in [3.63, 3.8) is 0 Å². The lowest BCUT2D eigenvalue weighted by molar-refractivity contribution is 0.464. The van der Waals surface area contributed by atoms with Crippen LogP contribution in [0.25, 0.3) is 187 Å². The number of rotatable bonds is 10. The van der Waals surface area contributed by atoms with Gasteiger partial charge in [0.05, 0.1) is 22.1 Å². The number of benzene rings is 22. The van der Waals surface area contributed by atoms with Crippen LogP contribution >= 0.6 is 0 Å². The molecule has 0 aliphatic carbocycles. The van der Waals surface area contributed by atoms with Gasteiger partial charge in [-0.3, -0.25) is 0 Å². The van der Waals surface area contributed by atoms with Crippen molar-refractivity contribution in [2.75, 3.05) is 0 Å². The van der Waals surface area contributed by atoms with Crippen LogP contribution in [0.15, 0.2) is 443 Å². The molecule has 28 rings (SSSR count). The molecule has 2 aromatic heterocycles. The first kappa shape index (κ1) is 86.0. The van der Waals surface area contributed by atoms with E-state index in [1.165, 1.54) is 148 Å². The third-order valence-corrected chi connectivity index (χ3v) is 30.6. The van der Waals surface area contributed by atoms with Gasteiger partial charge in [-0.15, -0.1) is 0 Å². The Balaban J connectivity index is 0.000000144. The van der Waals surface area contributed by atoms with Crippen LogP contribution in [0.1, 0.15) is 79.0 Å². The number of hydrogen-bond donors (Lipinski definition) is 0. The van der Waals surface area contributed by atoms with Gasteiger partial charge in [0.25, 0.3) is 13.4 Å². The van der Waals surface area contributed by atoms with Crippen LogP contribution in [0.4, 0.5) is 0 Å². The number of para-hydroxylation sites is 6. The first-order valence-corrected chi connectivity index (χ1v) is 50.4. The maximum atomic E-state index is 7.28. The summed E-state index contributed by atoms with van der Waals surface area (Å²) in [6.07, 6.45) is 0. The van der Waals surface area contributed by atoms with Crippen molar-refractivity contribution in [1.82, 2.24) is 9.13 Å². The van der Waals surface area contributed by atoms with Gasteiger partial charge in [0, 0.05) is 56.0 Å². The number of fused-ring (bicyclic) bond motifs is 18. The third-order valence-electron chi connectivity index (χ3n) is 30.6. The molecular formula is C136H100B2N2O4. The highest BCUT2D eigenvalue weighted by molar-refractivity contribution is 6.99. The Morgan fingerprint density at radius 2 is 0.417 bits per heavy atom. The van der Waals surface area contributed by atoms with Gasteiger partial charge in [0.2, 0.25) is 0 Å². The van der Waals surface area contributed by atoms with Gasteiger partial charge in [-0.25, -0.2) is 0 Å². The molecule has 4 aliphatic heterocycles. The van der Waals surface area contributed by atoms with Crippen molar-refractivity contribution in [2.45, 2.75) is 78.6 Å². The summed E-state index contributed by atoms with van der Waals surface area (Å²) in [7, 11) is 0. The van der Waals surface area contributed by atoms with E-state index in [1.54, 1.807) is 0 Å². The minimum absolute atomic E-state index is 0.0174. The molecule has 0 atom stereocenters. The highest BCUT2D eigenvalue weighted by Gasteiger charge is 2.44. The van der Waals surface area contributed by atoms with Crippen molar-refractivity contribution in [3.8, 4) is 146 Å². The SMILES string of the molecule is CC(C)(C)c1cc(-c2cc(-c3cc4c5c(c3)Oc3cc(-n6c7ccccc7c7ccccc76)ccc3B5c3ccccc3O4)cc(-c3c4ccccc4c(-c4ccccc4)c4ccccc34)c2)cc(C(C)(C)C)c1.CC(C)(C)c1cccc(-c2cc(-c3cc4c5c(c3)Oc3cc(-n6c7ccccc7c7ccccc76)ccc3B5c3ccccc3O4)cc(-c3c4ccccc4c(-c4ccccc4)c4ccccc34)c2)c1. The number of ether oxygens (including phenoxy) is 4. The molecule has 0 amide bonds. The van der Waals surface area contributed by atoms with Crippen LogP contribution in [0.2, 0.25) is 0 Å². The maximum absolute atomic E-state index is 7.28. The normalized spacial score (nSPS) is 12.8. The maximum Gasteiger partial charge on any atom is 0.260 e. The second-order valence-electron chi connectivity index (χ2n) is 42.4. The van der Waals surface area contributed by atoms with Gasteiger partial charge >= 0.3 is 0 Å². The van der Waals surface area contributed by atoms with Crippen molar-refractivity contribution in [1.29, 1.82) is 0 Å². The van der Waals surface area contributed by atoms with E-state index in [0.29, 0.717) is 0 Å². The Morgan fingerprint density at radius 1 is 0.167 bits per heavy atom. The van der Waals surface area contributed by atoms with Crippen LogP contribution < -0.4 is 51.7 Å². The Hall–Kier alpha value is -17.2. The number of aromatic nitrogens is 2. The largest absolute Gasteiger partial charge is 0.458 e. The molecule has 684 valence electrons. The minimum Gasteiger partial charge on any atom is -0.458 e. The highest BCUT2D eigenvalue weighted by Crippen LogP contribution is 2.52. The van der Waals surface area contributed by atoms with Gasteiger partial charge < -0.3 is 28.1 Å². The Bertz CT molecular complexity index is 9240. The summed E-state index contributed by atoms with van der Waals surface area (Å²) >= 11 is 0. The Kier molecular flexibility index (Phi) is 19.8. The topological polar surface area (TPSA) is 46.8 Å². The second-order valence-corrected chi connectivity index (χ2v) is 42.4. The van der Waals surface area contributed by atoms with E-state index in [9.17, 15) is 0 Å². The fourth-order valence-electron chi connectivity index (χ4n) is 23.6. The zero-order valence-electron chi connectivity index (χ0n) is 81.8. The molecule has 6 nitrogen and oxygen atoms in total. The molecule has 6 heterocycles. The van der Waals surface area contributed by atoms with Crippen LogP contribution in [0.5, 0.6) is 46.0 Å². The quantitative estimate of drug-likeness (QED) is 0.101. The lowest BCUT2D eigenvalue weighted by Gasteiger charge is -2.33. The van der Waals surface area contributed by atoms with Crippen molar-refractivity contribution < 1.29 is 18.9 Å². The van der Waals surface area contributed by atoms with E-state index in [2.05, 4.69) is 514 Å². The summed E-state index contributed by atoms with van der Waals surface area (Å²) in [6.45, 7) is 20.6. The summed E-state index contributed by atoms with van der Waals surface area (Å²) in [6, 6.07) is 162. The van der Waals surface area contributed by atoms with E-state index < -0.39 is 0 Å². The van der Waals surface area contributed by atoms with Gasteiger partial charge in [0.1, 0.15) is 46.0 Å². The van der Waals surface area contributed by atoms with Crippen molar-refractivity contribution >= 4 is 133 Å². The molecule has 144 heavy (non-hydrogen) atoms. The van der Waals surface area contributed by atoms with Crippen LogP contribution in [-0.2, 0) is 16.2 Å². The molecule has 0 fully saturated rings. The fraction of sp³-hybridized carbons (Fsp3) is 0.0882. The lowest BCUT2D eigenvalue weighted by Crippen LogP contribution is -2.57. The highest BCUT2D eigenvalue weighted by atomic mass is 16.5. The summed E-state index contributed by atoms with van der Waals surface area (Å²) in [4.78, 5) is 0.